The van der Waals surface area contributed by atoms with Crippen LogP contribution < -0.4 is 17.0 Å². The van der Waals surface area contributed by atoms with E-state index in [0.717, 1.165) is 6.42 Å². The van der Waals surface area contributed by atoms with E-state index in [1.54, 1.807) is 4.90 Å². The van der Waals surface area contributed by atoms with E-state index in [1.807, 2.05) is 20.8 Å². The summed E-state index contributed by atoms with van der Waals surface area (Å²) in [7, 11) is 0. The van der Waals surface area contributed by atoms with Crippen molar-refractivity contribution in [2.75, 3.05) is 6.54 Å². The summed E-state index contributed by atoms with van der Waals surface area (Å²) in [5, 5.41) is 0. The van der Waals surface area contributed by atoms with Crippen LogP contribution in [0.4, 0.5) is 0 Å². The van der Waals surface area contributed by atoms with Gasteiger partial charge >= 0.3 is 0 Å². The molecule has 94 valence electrons. The minimum Gasteiger partial charge on any atom is -0.369 e. The van der Waals surface area contributed by atoms with Gasteiger partial charge in [-0.1, -0.05) is 13.3 Å². The zero-order valence-electron chi connectivity index (χ0n) is 10.2. The average Bonchev–Trinajstić information content (AvgIpc) is 2.21. The third-order valence-corrected chi connectivity index (χ3v) is 2.41. The van der Waals surface area contributed by atoms with E-state index in [2.05, 4.69) is 5.43 Å². The number of carbonyl (C=O) groups excluding carboxylic acids is 2. The Hall–Kier alpha value is -1.14. The number of rotatable bonds is 7. The first-order valence-corrected chi connectivity index (χ1v) is 5.48. The first-order chi connectivity index (χ1) is 7.43. The maximum Gasteiger partial charge on any atom is 0.251 e. The molecule has 6 heteroatoms. The molecule has 0 aliphatic heterocycles. The summed E-state index contributed by atoms with van der Waals surface area (Å²) in [6, 6.07) is -0.344. The van der Waals surface area contributed by atoms with E-state index in [1.165, 1.54) is 0 Å². The van der Waals surface area contributed by atoms with Gasteiger partial charge in [-0.05, 0) is 20.3 Å². The minimum absolute atomic E-state index is 0.0568. The third kappa shape index (κ3) is 4.59. The van der Waals surface area contributed by atoms with Crippen LogP contribution in [0.3, 0.4) is 0 Å². The fourth-order valence-corrected chi connectivity index (χ4v) is 1.65. The predicted octanol–water partition coefficient (Wildman–Crippen LogP) is -0.659. The lowest BCUT2D eigenvalue weighted by atomic mass is 10.1. The minimum atomic E-state index is -0.445. The van der Waals surface area contributed by atoms with Crippen LogP contribution in [0.5, 0.6) is 0 Å². The van der Waals surface area contributed by atoms with E-state index in [9.17, 15) is 9.59 Å². The molecule has 2 amide bonds. The van der Waals surface area contributed by atoms with Gasteiger partial charge in [-0.2, -0.15) is 0 Å². The highest BCUT2D eigenvalue weighted by Gasteiger charge is 2.27. The van der Waals surface area contributed by atoms with Crippen molar-refractivity contribution in [1.29, 1.82) is 0 Å². The Morgan fingerprint density at radius 2 is 1.94 bits per heavy atom. The molecule has 16 heavy (non-hydrogen) atoms. The zero-order chi connectivity index (χ0) is 12.7. The Morgan fingerprint density at radius 1 is 1.38 bits per heavy atom. The molecule has 0 bridgehead atoms. The highest BCUT2D eigenvalue weighted by molar-refractivity contribution is 5.82. The van der Waals surface area contributed by atoms with Crippen molar-refractivity contribution in [2.24, 2.45) is 11.6 Å². The van der Waals surface area contributed by atoms with Crippen LogP contribution in [0.1, 0.15) is 33.6 Å². The number of hydrogen-bond donors (Lipinski definition) is 3. The van der Waals surface area contributed by atoms with Crippen molar-refractivity contribution in [3.8, 4) is 0 Å². The third-order valence-electron chi connectivity index (χ3n) is 2.41. The first kappa shape index (κ1) is 14.9. The van der Waals surface area contributed by atoms with Gasteiger partial charge in [0.25, 0.3) is 5.91 Å². The van der Waals surface area contributed by atoms with Gasteiger partial charge in [0.05, 0.1) is 12.6 Å². The predicted molar refractivity (Wildman–Crippen MR) is 62.1 cm³/mol. The molecule has 0 aliphatic rings. The summed E-state index contributed by atoms with van der Waals surface area (Å²) in [5.74, 6) is 4.40. The fourth-order valence-electron chi connectivity index (χ4n) is 1.65. The molecule has 1 atom stereocenters. The number of nitrogens with one attached hydrogen (secondary N) is 1. The molecule has 0 saturated carbocycles. The maximum atomic E-state index is 11.6. The van der Waals surface area contributed by atoms with E-state index in [0.29, 0.717) is 6.42 Å². The largest absolute Gasteiger partial charge is 0.369 e. The summed E-state index contributed by atoms with van der Waals surface area (Å²) >= 11 is 0. The van der Waals surface area contributed by atoms with E-state index in [-0.39, 0.29) is 18.5 Å². The van der Waals surface area contributed by atoms with Crippen LogP contribution in [-0.4, -0.2) is 35.3 Å². The highest BCUT2D eigenvalue weighted by Crippen LogP contribution is 2.11. The molecule has 6 nitrogen and oxygen atoms in total. The Balaban J connectivity index is 4.78. The average molecular weight is 230 g/mol. The molecule has 0 heterocycles. The molecule has 0 fully saturated rings. The lowest BCUT2D eigenvalue weighted by molar-refractivity contribution is -0.129. The smallest absolute Gasteiger partial charge is 0.251 e. The van der Waals surface area contributed by atoms with Crippen molar-refractivity contribution in [2.45, 2.75) is 45.7 Å². The van der Waals surface area contributed by atoms with Crippen molar-refractivity contribution < 1.29 is 9.59 Å². The van der Waals surface area contributed by atoms with Crippen LogP contribution in [-0.2, 0) is 9.59 Å². The maximum absolute atomic E-state index is 11.6. The van der Waals surface area contributed by atoms with Crippen LogP contribution in [0.2, 0.25) is 0 Å². The fraction of sp³-hybridized carbons (Fsp3) is 0.800. The van der Waals surface area contributed by atoms with E-state index >= 15 is 0 Å². The van der Waals surface area contributed by atoms with Crippen LogP contribution in [0, 0.1) is 0 Å². The topological polar surface area (TPSA) is 101 Å². The summed E-state index contributed by atoms with van der Waals surface area (Å²) in [6.07, 6.45) is 1.48. The van der Waals surface area contributed by atoms with E-state index in [4.69, 9.17) is 11.6 Å². The number of nitrogens with two attached hydrogens (primary N) is 2. The lowest BCUT2D eigenvalue weighted by Gasteiger charge is -2.32. The monoisotopic (exact) mass is 230 g/mol. The van der Waals surface area contributed by atoms with Gasteiger partial charge in [-0.15, -0.1) is 0 Å². The summed E-state index contributed by atoms with van der Waals surface area (Å²) in [5.41, 5.74) is 7.29. The van der Waals surface area contributed by atoms with Gasteiger partial charge in [0, 0.05) is 6.04 Å². The standard InChI is InChI=1S/C10H22N4O2/c1-4-5-8(10(16)13-12)14(7(2)3)6-9(11)15/h7-8H,4-6,12H2,1-3H3,(H2,11,15)(H,13,16). The number of carbonyl (C=O) groups is 2. The molecule has 0 aromatic heterocycles. The summed E-state index contributed by atoms with van der Waals surface area (Å²) in [4.78, 5) is 24.3. The molecule has 0 aromatic rings. The van der Waals surface area contributed by atoms with Crippen LogP contribution in [0.15, 0.2) is 0 Å². The first-order valence-electron chi connectivity index (χ1n) is 5.48. The zero-order valence-corrected chi connectivity index (χ0v) is 10.2. The Labute approximate surface area is 96.3 Å². The number of hydrogen-bond acceptors (Lipinski definition) is 4. The van der Waals surface area contributed by atoms with Gasteiger partial charge < -0.3 is 5.73 Å². The molecule has 0 spiro atoms. The molecule has 0 aromatic carbocycles. The molecular weight excluding hydrogens is 208 g/mol. The quantitative estimate of drug-likeness (QED) is 0.307. The van der Waals surface area contributed by atoms with Gasteiger partial charge in [0.2, 0.25) is 5.91 Å². The second kappa shape index (κ2) is 7.19. The van der Waals surface area contributed by atoms with Gasteiger partial charge in [-0.25, -0.2) is 5.84 Å². The SMILES string of the molecule is CCCC(C(=O)NN)N(CC(N)=O)C(C)C. The summed E-state index contributed by atoms with van der Waals surface area (Å²) < 4.78 is 0. The molecule has 0 aliphatic carbocycles. The second-order valence-electron chi connectivity index (χ2n) is 4.05. The van der Waals surface area contributed by atoms with Gasteiger partial charge in [0.15, 0.2) is 0 Å². The van der Waals surface area contributed by atoms with E-state index < -0.39 is 11.9 Å². The van der Waals surface area contributed by atoms with Gasteiger partial charge in [-0.3, -0.25) is 19.9 Å². The van der Waals surface area contributed by atoms with Crippen molar-refractivity contribution in [1.82, 2.24) is 10.3 Å². The number of nitrogens with zero attached hydrogens (tertiary/aromatic N) is 1. The highest BCUT2D eigenvalue weighted by atomic mass is 16.2. The van der Waals surface area contributed by atoms with Crippen LogP contribution >= 0.6 is 0 Å². The van der Waals surface area contributed by atoms with Crippen molar-refractivity contribution in [3.63, 3.8) is 0 Å². The molecule has 0 radical (unpaired) electrons. The Morgan fingerprint density at radius 3 is 2.25 bits per heavy atom. The van der Waals surface area contributed by atoms with Gasteiger partial charge in [0.1, 0.15) is 0 Å². The molecule has 0 rings (SSSR count). The van der Waals surface area contributed by atoms with Crippen molar-refractivity contribution >= 4 is 11.8 Å². The number of hydrazine groups is 1. The van der Waals surface area contributed by atoms with Crippen LogP contribution in [0.25, 0.3) is 0 Å². The van der Waals surface area contributed by atoms with Crippen molar-refractivity contribution in [3.05, 3.63) is 0 Å². The lowest BCUT2D eigenvalue weighted by Crippen LogP contribution is -2.53. The normalized spacial score (nSPS) is 12.9. The molecule has 1 unspecified atom stereocenters. The number of primary amides is 1. The number of amides is 2. The second-order valence-corrected chi connectivity index (χ2v) is 4.05. The molecule has 0 saturated heterocycles. The molecular formula is C10H22N4O2. The summed E-state index contributed by atoms with van der Waals surface area (Å²) in [6.45, 7) is 5.86. The Bertz CT molecular complexity index is 243. The Kier molecular flexibility index (Phi) is 6.67. The molecule has 5 N–H and O–H groups in total.